The Morgan fingerprint density at radius 1 is 1.27 bits per heavy atom. The third-order valence-corrected chi connectivity index (χ3v) is 3.91. The molecule has 0 bridgehead atoms. The molecule has 84 valence electrons. The number of hydrogen-bond acceptors (Lipinski definition) is 1. The second-order valence-corrected chi connectivity index (χ2v) is 5.26. The number of hydrogen-bond donors (Lipinski definition) is 1. The van der Waals surface area contributed by atoms with Crippen LogP contribution in [0.2, 0.25) is 0 Å². The van der Waals surface area contributed by atoms with Crippen LogP contribution in [-0.2, 0) is 0 Å². The van der Waals surface area contributed by atoms with E-state index in [1.54, 1.807) is 5.57 Å². The van der Waals surface area contributed by atoms with Crippen molar-refractivity contribution in [2.45, 2.75) is 45.4 Å². The fourth-order valence-electron chi connectivity index (χ4n) is 2.94. The van der Waals surface area contributed by atoms with Crippen molar-refractivity contribution < 1.29 is 0 Å². The minimum Gasteiger partial charge on any atom is -0.391 e. The molecule has 1 saturated carbocycles. The quantitative estimate of drug-likeness (QED) is 0.742. The zero-order valence-corrected chi connectivity index (χ0v) is 10.1. The largest absolute Gasteiger partial charge is 0.391 e. The van der Waals surface area contributed by atoms with E-state index in [-0.39, 0.29) is 0 Å². The van der Waals surface area contributed by atoms with Gasteiger partial charge in [0.15, 0.2) is 0 Å². The Bertz CT molecular complexity index is 275. The maximum Gasteiger partial charge on any atom is 0.0107 e. The van der Waals surface area contributed by atoms with Gasteiger partial charge in [-0.2, -0.15) is 0 Å². The normalized spacial score (nSPS) is 31.1. The van der Waals surface area contributed by atoms with Gasteiger partial charge in [-0.25, -0.2) is 0 Å². The molecular formula is C14H23N. The van der Waals surface area contributed by atoms with E-state index in [0.29, 0.717) is 0 Å². The highest BCUT2D eigenvalue weighted by atomic mass is 14.8. The molecular weight excluding hydrogens is 182 g/mol. The number of rotatable bonds is 3. The van der Waals surface area contributed by atoms with Gasteiger partial charge in [0, 0.05) is 12.7 Å². The first kappa shape index (κ1) is 10.8. The Hall–Kier alpha value is -0.720. The Balaban J connectivity index is 1.85. The minimum atomic E-state index is 0.975. The van der Waals surface area contributed by atoms with Crippen LogP contribution in [0.15, 0.2) is 23.4 Å². The van der Waals surface area contributed by atoms with Crippen molar-refractivity contribution in [1.29, 1.82) is 0 Å². The summed E-state index contributed by atoms with van der Waals surface area (Å²) < 4.78 is 0. The molecule has 0 aromatic carbocycles. The molecule has 1 heteroatoms. The summed E-state index contributed by atoms with van der Waals surface area (Å²) in [6, 6.07) is 0. The van der Waals surface area contributed by atoms with E-state index in [4.69, 9.17) is 0 Å². The van der Waals surface area contributed by atoms with Crippen molar-refractivity contribution in [2.75, 3.05) is 7.05 Å². The van der Waals surface area contributed by atoms with Gasteiger partial charge in [0.2, 0.25) is 0 Å². The molecule has 2 atom stereocenters. The molecule has 0 aromatic heterocycles. The van der Waals surface area contributed by atoms with E-state index in [0.717, 1.165) is 11.8 Å². The highest BCUT2D eigenvalue weighted by Gasteiger charge is 2.22. The number of allylic oxidation sites excluding steroid dienone is 4. The molecule has 0 heterocycles. The van der Waals surface area contributed by atoms with Gasteiger partial charge in [0.25, 0.3) is 0 Å². The van der Waals surface area contributed by atoms with Gasteiger partial charge < -0.3 is 5.32 Å². The van der Waals surface area contributed by atoms with Crippen LogP contribution in [0.25, 0.3) is 0 Å². The van der Waals surface area contributed by atoms with Crippen LogP contribution in [0, 0.1) is 11.8 Å². The van der Waals surface area contributed by atoms with Gasteiger partial charge in [-0.15, -0.1) is 0 Å². The maximum atomic E-state index is 3.24. The smallest absolute Gasteiger partial charge is 0.0107 e. The third-order valence-electron chi connectivity index (χ3n) is 3.91. The van der Waals surface area contributed by atoms with Crippen LogP contribution < -0.4 is 5.32 Å². The van der Waals surface area contributed by atoms with Crippen molar-refractivity contribution in [3.63, 3.8) is 0 Å². The Morgan fingerprint density at radius 3 is 2.67 bits per heavy atom. The predicted octanol–water partition coefficient (Wildman–Crippen LogP) is 3.64. The summed E-state index contributed by atoms with van der Waals surface area (Å²) >= 11 is 0. The summed E-state index contributed by atoms with van der Waals surface area (Å²) in [5.74, 6) is 1.96. The van der Waals surface area contributed by atoms with Crippen molar-refractivity contribution in [3.8, 4) is 0 Å². The predicted molar refractivity (Wildman–Crippen MR) is 65.6 cm³/mol. The van der Waals surface area contributed by atoms with E-state index < -0.39 is 0 Å². The van der Waals surface area contributed by atoms with E-state index in [9.17, 15) is 0 Å². The van der Waals surface area contributed by atoms with Crippen LogP contribution in [0.1, 0.15) is 45.4 Å². The molecule has 2 unspecified atom stereocenters. The van der Waals surface area contributed by atoms with Crippen LogP contribution in [-0.4, -0.2) is 7.05 Å². The Kier molecular flexibility index (Phi) is 3.50. The Labute approximate surface area is 93.6 Å². The molecule has 0 radical (unpaired) electrons. The summed E-state index contributed by atoms with van der Waals surface area (Å²) in [7, 11) is 2.02. The lowest BCUT2D eigenvalue weighted by Crippen LogP contribution is -2.09. The van der Waals surface area contributed by atoms with E-state index in [2.05, 4.69) is 24.4 Å². The second kappa shape index (κ2) is 4.87. The van der Waals surface area contributed by atoms with Crippen molar-refractivity contribution in [1.82, 2.24) is 5.32 Å². The van der Waals surface area contributed by atoms with Gasteiger partial charge >= 0.3 is 0 Å². The lowest BCUT2D eigenvalue weighted by molar-refractivity contribution is 0.503. The first-order chi connectivity index (χ1) is 7.28. The first-order valence-electron chi connectivity index (χ1n) is 6.34. The molecule has 0 aromatic rings. The van der Waals surface area contributed by atoms with Crippen molar-refractivity contribution in [2.24, 2.45) is 11.8 Å². The van der Waals surface area contributed by atoms with Gasteiger partial charge in [0.1, 0.15) is 0 Å². The standard InChI is InChI=1S/C14H23N/c1-11-3-4-13(9-11)10-12-5-7-14(15-2)8-6-12/h5,7,11,13,15H,3-4,6,8-10H2,1-2H3. The molecule has 0 spiro atoms. The van der Waals surface area contributed by atoms with Crippen LogP contribution in [0.4, 0.5) is 0 Å². The van der Waals surface area contributed by atoms with Gasteiger partial charge in [-0.1, -0.05) is 25.0 Å². The van der Waals surface area contributed by atoms with Crippen LogP contribution >= 0.6 is 0 Å². The average Bonchev–Trinajstić information content (AvgIpc) is 2.65. The molecule has 2 aliphatic carbocycles. The lowest BCUT2D eigenvalue weighted by Gasteiger charge is -2.17. The maximum absolute atomic E-state index is 3.24. The summed E-state index contributed by atoms with van der Waals surface area (Å²) in [4.78, 5) is 0. The Morgan fingerprint density at radius 2 is 2.13 bits per heavy atom. The van der Waals surface area contributed by atoms with E-state index in [1.807, 2.05) is 7.05 Å². The van der Waals surface area contributed by atoms with Gasteiger partial charge in [-0.05, 0) is 50.0 Å². The van der Waals surface area contributed by atoms with E-state index >= 15 is 0 Å². The molecule has 1 nitrogen and oxygen atoms in total. The number of nitrogens with one attached hydrogen (secondary N) is 1. The van der Waals surface area contributed by atoms with Crippen LogP contribution in [0.3, 0.4) is 0 Å². The van der Waals surface area contributed by atoms with Crippen molar-refractivity contribution >= 4 is 0 Å². The molecule has 0 saturated heterocycles. The summed E-state index contributed by atoms with van der Waals surface area (Å²) in [6.45, 7) is 2.40. The van der Waals surface area contributed by atoms with Crippen LogP contribution in [0.5, 0.6) is 0 Å². The zero-order valence-electron chi connectivity index (χ0n) is 10.1. The summed E-state index contributed by atoms with van der Waals surface area (Å²) in [6.07, 6.45) is 12.8. The van der Waals surface area contributed by atoms with Gasteiger partial charge in [0.05, 0.1) is 0 Å². The molecule has 1 N–H and O–H groups in total. The second-order valence-electron chi connectivity index (χ2n) is 5.26. The first-order valence-corrected chi connectivity index (χ1v) is 6.34. The van der Waals surface area contributed by atoms with E-state index in [1.165, 1.54) is 44.2 Å². The monoisotopic (exact) mass is 205 g/mol. The SMILES string of the molecule is CNC1=CC=C(CC2CCC(C)C2)CC1. The molecule has 2 aliphatic rings. The topological polar surface area (TPSA) is 12.0 Å². The lowest BCUT2D eigenvalue weighted by atomic mass is 9.91. The molecule has 15 heavy (non-hydrogen) atoms. The highest BCUT2D eigenvalue weighted by Crippen LogP contribution is 2.36. The molecule has 0 aliphatic heterocycles. The zero-order chi connectivity index (χ0) is 10.7. The molecule has 0 amide bonds. The molecule has 2 rings (SSSR count). The summed E-state index contributed by atoms with van der Waals surface area (Å²) in [5, 5.41) is 3.24. The molecule has 1 fully saturated rings. The fraction of sp³-hybridized carbons (Fsp3) is 0.714. The summed E-state index contributed by atoms with van der Waals surface area (Å²) in [5.41, 5.74) is 3.06. The van der Waals surface area contributed by atoms with Gasteiger partial charge in [-0.3, -0.25) is 0 Å². The van der Waals surface area contributed by atoms with Crippen molar-refractivity contribution in [3.05, 3.63) is 23.4 Å². The fourth-order valence-corrected chi connectivity index (χ4v) is 2.94. The third kappa shape index (κ3) is 2.87. The highest BCUT2D eigenvalue weighted by molar-refractivity contribution is 5.23. The minimum absolute atomic E-state index is 0.975. The average molecular weight is 205 g/mol.